The fraction of sp³-hybridized carbons (Fsp3) is 0.278. The summed E-state index contributed by atoms with van der Waals surface area (Å²) >= 11 is 0. The van der Waals surface area contributed by atoms with Crippen LogP contribution in [0, 0.1) is 0 Å². The third-order valence-electron chi connectivity index (χ3n) is 3.44. The maximum atomic E-state index is 11.7. The van der Waals surface area contributed by atoms with Gasteiger partial charge in [0.15, 0.2) is 6.61 Å². The Labute approximate surface area is 150 Å². The van der Waals surface area contributed by atoms with Gasteiger partial charge in [0.1, 0.15) is 11.5 Å². The number of amides is 3. The largest absolute Gasteiger partial charge is 0.484 e. The molecule has 0 unspecified atom stereocenters. The number of nitrogens with one attached hydrogen (secondary N) is 3. The zero-order valence-corrected chi connectivity index (χ0v) is 14.6. The maximum Gasteiger partial charge on any atom is 0.327 e. The molecule has 138 valence electrons. The lowest BCUT2D eigenvalue weighted by atomic mass is 10.0. The van der Waals surface area contributed by atoms with E-state index in [9.17, 15) is 14.4 Å². The normalized spacial score (nSPS) is 10.3. The molecule has 0 aliphatic heterocycles. The fourth-order valence-corrected chi connectivity index (χ4v) is 1.98. The van der Waals surface area contributed by atoms with E-state index >= 15 is 0 Å². The van der Waals surface area contributed by atoms with E-state index in [1.807, 2.05) is 17.6 Å². The second-order valence-corrected chi connectivity index (χ2v) is 5.78. The Balaban J connectivity index is 1.67. The summed E-state index contributed by atoms with van der Waals surface area (Å²) in [4.78, 5) is 34.8. The first-order valence-electron chi connectivity index (χ1n) is 8.08. The van der Waals surface area contributed by atoms with Crippen molar-refractivity contribution in [3.63, 3.8) is 0 Å². The molecule has 1 aromatic carbocycles. The standard InChI is InChI=1S/C18H21N3O5/c1-12(2)13-5-7-14(8-6-13)26-11-16(22)20-21-18(24)17(23)19-10-15-4-3-9-25-15/h3-9,12H,10-11H2,1-2H3,(H,19,23)(H,20,22)(H,21,24). The van der Waals surface area contributed by atoms with Crippen molar-refractivity contribution >= 4 is 17.7 Å². The molecule has 8 heteroatoms. The third-order valence-corrected chi connectivity index (χ3v) is 3.44. The summed E-state index contributed by atoms with van der Waals surface area (Å²) in [5.74, 6) is -1.04. The summed E-state index contributed by atoms with van der Waals surface area (Å²) < 4.78 is 10.3. The number of hydrazine groups is 1. The molecule has 0 saturated heterocycles. The zero-order valence-electron chi connectivity index (χ0n) is 14.6. The predicted octanol–water partition coefficient (Wildman–Crippen LogP) is 1.25. The first-order valence-corrected chi connectivity index (χ1v) is 8.08. The van der Waals surface area contributed by atoms with Crippen LogP contribution in [-0.2, 0) is 20.9 Å². The number of carbonyl (C=O) groups excluding carboxylic acids is 3. The van der Waals surface area contributed by atoms with Gasteiger partial charge in [-0.25, -0.2) is 0 Å². The van der Waals surface area contributed by atoms with Crippen molar-refractivity contribution in [3.8, 4) is 5.75 Å². The van der Waals surface area contributed by atoms with Crippen LogP contribution in [0.1, 0.15) is 31.1 Å². The van der Waals surface area contributed by atoms with E-state index in [1.165, 1.54) is 6.26 Å². The van der Waals surface area contributed by atoms with E-state index in [0.29, 0.717) is 17.4 Å². The minimum absolute atomic E-state index is 0.0721. The monoisotopic (exact) mass is 359 g/mol. The summed E-state index contributed by atoms with van der Waals surface area (Å²) in [5, 5.41) is 2.35. The first-order chi connectivity index (χ1) is 12.5. The van der Waals surface area contributed by atoms with Crippen LogP contribution in [0.25, 0.3) is 0 Å². The molecule has 0 aliphatic rings. The highest BCUT2D eigenvalue weighted by atomic mass is 16.5. The molecule has 0 saturated carbocycles. The van der Waals surface area contributed by atoms with Crippen LogP contribution in [-0.4, -0.2) is 24.3 Å². The van der Waals surface area contributed by atoms with E-state index < -0.39 is 17.7 Å². The van der Waals surface area contributed by atoms with Gasteiger partial charge in [0, 0.05) is 0 Å². The van der Waals surface area contributed by atoms with Crippen molar-refractivity contribution in [1.29, 1.82) is 0 Å². The number of carbonyl (C=O) groups is 3. The number of furan rings is 1. The minimum atomic E-state index is -0.994. The molecule has 0 radical (unpaired) electrons. The SMILES string of the molecule is CC(C)c1ccc(OCC(=O)NNC(=O)C(=O)NCc2ccco2)cc1. The van der Waals surface area contributed by atoms with E-state index in [0.717, 1.165) is 5.56 Å². The van der Waals surface area contributed by atoms with Crippen molar-refractivity contribution in [2.45, 2.75) is 26.3 Å². The number of ether oxygens (including phenoxy) is 1. The van der Waals surface area contributed by atoms with Crippen LogP contribution >= 0.6 is 0 Å². The number of hydrogen-bond acceptors (Lipinski definition) is 5. The van der Waals surface area contributed by atoms with Gasteiger partial charge in [0.25, 0.3) is 5.91 Å². The summed E-state index contributed by atoms with van der Waals surface area (Å²) in [6, 6.07) is 10.7. The highest BCUT2D eigenvalue weighted by Crippen LogP contribution is 2.18. The van der Waals surface area contributed by atoms with Crippen LogP contribution in [0.3, 0.4) is 0 Å². The molecule has 0 bridgehead atoms. The lowest BCUT2D eigenvalue weighted by Crippen LogP contribution is -2.49. The Morgan fingerprint density at radius 3 is 2.38 bits per heavy atom. The molecular formula is C18H21N3O5. The molecule has 3 amide bonds. The van der Waals surface area contributed by atoms with Gasteiger partial charge >= 0.3 is 11.8 Å². The Kier molecular flexibility index (Phi) is 6.78. The lowest BCUT2D eigenvalue weighted by molar-refractivity contribution is -0.141. The summed E-state index contributed by atoms with van der Waals surface area (Å²) in [6.07, 6.45) is 1.46. The second kappa shape index (κ2) is 9.26. The van der Waals surface area contributed by atoms with E-state index in [-0.39, 0.29) is 13.2 Å². The molecule has 0 spiro atoms. The molecule has 1 heterocycles. The Hall–Kier alpha value is -3.29. The van der Waals surface area contributed by atoms with E-state index in [2.05, 4.69) is 24.6 Å². The minimum Gasteiger partial charge on any atom is -0.484 e. The molecule has 2 rings (SSSR count). The Morgan fingerprint density at radius 2 is 1.77 bits per heavy atom. The van der Waals surface area contributed by atoms with Crippen LogP contribution < -0.4 is 20.9 Å². The van der Waals surface area contributed by atoms with E-state index in [1.54, 1.807) is 24.3 Å². The first kappa shape index (κ1) is 19.0. The maximum absolute atomic E-state index is 11.7. The number of hydrogen-bond donors (Lipinski definition) is 3. The van der Waals surface area contributed by atoms with Gasteiger partial charge in [-0.05, 0) is 35.7 Å². The zero-order chi connectivity index (χ0) is 18.9. The van der Waals surface area contributed by atoms with Gasteiger partial charge in [-0.2, -0.15) is 0 Å². The topological polar surface area (TPSA) is 110 Å². The molecule has 1 aromatic heterocycles. The van der Waals surface area contributed by atoms with E-state index in [4.69, 9.17) is 9.15 Å². The average Bonchev–Trinajstić information content (AvgIpc) is 3.16. The van der Waals surface area contributed by atoms with Gasteiger partial charge in [0.2, 0.25) is 0 Å². The number of benzene rings is 1. The molecule has 8 nitrogen and oxygen atoms in total. The molecule has 2 aromatic rings. The van der Waals surface area contributed by atoms with Gasteiger partial charge in [-0.1, -0.05) is 26.0 Å². The van der Waals surface area contributed by atoms with Crippen LogP contribution in [0.2, 0.25) is 0 Å². The molecule has 3 N–H and O–H groups in total. The molecule has 26 heavy (non-hydrogen) atoms. The van der Waals surface area contributed by atoms with Crippen molar-refractivity contribution in [2.24, 2.45) is 0 Å². The van der Waals surface area contributed by atoms with Gasteiger partial charge in [-0.15, -0.1) is 0 Å². The number of rotatable bonds is 6. The third kappa shape index (κ3) is 5.97. The van der Waals surface area contributed by atoms with Crippen molar-refractivity contribution in [1.82, 2.24) is 16.2 Å². The van der Waals surface area contributed by atoms with Crippen LogP contribution in [0.5, 0.6) is 5.75 Å². The van der Waals surface area contributed by atoms with Gasteiger partial charge < -0.3 is 14.5 Å². The quantitative estimate of drug-likeness (QED) is 0.531. The van der Waals surface area contributed by atoms with Gasteiger partial charge in [-0.3, -0.25) is 25.2 Å². The molecule has 0 aliphatic carbocycles. The Morgan fingerprint density at radius 1 is 1.04 bits per heavy atom. The van der Waals surface area contributed by atoms with Crippen molar-refractivity contribution < 1.29 is 23.5 Å². The highest BCUT2D eigenvalue weighted by molar-refractivity contribution is 6.35. The molecule has 0 fully saturated rings. The summed E-state index contributed by atoms with van der Waals surface area (Å²) in [7, 11) is 0. The molecule has 0 atom stereocenters. The second-order valence-electron chi connectivity index (χ2n) is 5.78. The lowest BCUT2D eigenvalue weighted by Gasteiger charge is -2.10. The van der Waals surface area contributed by atoms with Crippen LogP contribution in [0.4, 0.5) is 0 Å². The van der Waals surface area contributed by atoms with Crippen molar-refractivity contribution in [3.05, 3.63) is 54.0 Å². The van der Waals surface area contributed by atoms with Gasteiger partial charge in [0.05, 0.1) is 12.8 Å². The Bertz CT molecular complexity index is 739. The summed E-state index contributed by atoms with van der Waals surface area (Å²) in [5.41, 5.74) is 5.28. The molecular weight excluding hydrogens is 338 g/mol. The summed E-state index contributed by atoms with van der Waals surface area (Å²) in [6.45, 7) is 3.94. The predicted molar refractivity (Wildman–Crippen MR) is 92.9 cm³/mol. The average molecular weight is 359 g/mol. The van der Waals surface area contributed by atoms with Crippen molar-refractivity contribution in [2.75, 3.05) is 6.61 Å². The smallest absolute Gasteiger partial charge is 0.327 e. The van der Waals surface area contributed by atoms with Crippen LogP contribution in [0.15, 0.2) is 47.1 Å². The highest BCUT2D eigenvalue weighted by Gasteiger charge is 2.14. The fourth-order valence-electron chi connectivity index (χ4n) is 1.98.